The van der Waals surface area contributed by atoms with Gasteiger partial charge in [0.15, 0.2) is 5.75 Å². The highest BCUT2D eigenvalue weighted by Crippen LogP contribution is 2.28. The lowest BCUT2D eigenvalue weighted by molar-refractivity contribution is 0.407. The summed E-state index contributed by atoms with van der Waals surface area (Å²) in [5, 5.41) is 0. The molecule has 0 aliphatic carbocycles. The molecule has 0 radical (unpaired) electrons. The zero-order valence-corrected chi connectivity index (χ0v) is 7.23. The second kappa shape index (κ2) is 3.31. The number of pyridine rings is 1. The van der Waals surface area contributed by atoms with Crippen LogP contribution in [0.1, 0.15) is 0 Å². The molecule has 0 atom stereocenters. The molecule has 0 aliphatic heterocycles. The van der Waals surface area contributed by atoms with Gasteiger partial charge in [0, 0.05) is 6.20 Å². The Bertz CT molecular complexity index is 381. The van der Waals surface area contributed by atoms with Crippen molar-refractivity contribution >= 4 is 0 Å². The zero-order valence-electron chi connectivity index (χ0n) is 7.23. The number of hydrogen-bond donors (Lipinski definition) is 0. The summed E-state index contributed by atoms with van der Waals surface area (Å²) in [6.07, 6.45) is 4.92. The summed E-state index contributed by atoms with van der Waals surface area (Å²) in [6.45, 7) is 0. The van der Waals surface area contributed by atoms with E-state index < -0.39 is 0 Å². The molecule has 66 valence electrons. The number of hydrogen-bond acceptors (Lipinski definition) is 3. The van der Waals surface area contributed by atoms with Gasteiger partial charge in [-0.05, 0) is 12.1 Å². The molecular weight excluding hydrogens is 166 g/mol. The Labute approximate surface area is 76.0 Å². The predicted octanol–water partition coefficient (Wildman–Crippen LogP) is 2.35. The molecular formula is C10H9NO2. The second-order valence-electron chi connectivity index (χ2n) is 2.57. The first kappa shape index (κ1) is 7.86. The fourth-order valence-electron chi connectivity index (χ4n) is 1.15. The molecule has 0 N–H and O–H groups in total. The Morgan fingerprint density at radius 2 is 2.23 bits per heavy atom. The molecule has 3 heteroatoms. The zero-order chi connectivity index (χ0) is 9.10. The molecule has 0 fully saturated rings. The lowest BCUT2D eigenvalue weighted by Gasteiger charge is -1.98. The smallest absolute Gasteiger partial charge is 0.166 e. The second-order valence-corrected chi connectivity index (χ2v) is 2.57. The molecule has 0 amide bonds. The third-order valence-corrected chi connectivity index (χ3v) is 1.79. The van der Waals surface area contributed by atoms with Crippen LogP contribution in [0.25, 0.3) is 11.3 Å². The maximum atomic E-state index is 5.11. The van der Waals surface area contributed by atoms with Crippen LogP contribution in [0.2, 0.25) is 0 Å². The van der Waals surface area contributed by atoms with E-state index in [9.17, 15) is 0 Å². The van der Waals surface area contributed by atoms with E-state index in [0.29, 0.717) is 5.75 Å². The van der Waals surface area contributed by atoms with Gasteiger partial charge in [-0.15, -0.1) is 0 Å². The number of ether oxygens (including phenoxy) is 1. The standard InChI is InChI=1S/C10H9NO2/c1-12-10-7-13-6-8(10)9-4-2-3-5-11-9/h2-7H,1H3. The largest absolute Gasteiger partial charge is 0.493 e. The molecule has 0 saturated carbocycles. The fraction of sp³-hybridized carbons (Fsp3) is 0.100. The van der Waals surface area contributed by atoms with Gasteiger partial charge in [-0.1, -0.05) is 6.07 Å². The van der Waals surface area contributed by atoms with Crippen LogP contribution < -0.4 is 4.74 Å². The van der Waals surface area contributed by atoms with Gasteiger partial charge < -0.3 is 9.15 Å². The number of methoxy groups -OCH3 is 1. The Morgan fingerprint density at radius 1 is 1.31 bits per heavy atom. The van der Waals surface area contributed by atoms with Crippen molar-refractivity contribution in [1.82, 2.24) is 4.98 Å². The molecule has 2 heterocycles. The third kappa shape index (κ3) is 1.40. The summed E-state index contributed by atoms with van der Waals surface area (Å²) in [4.78, 5) is 4.19. The SMILES string of the molecule is COc1cocc1-c1ccccn1. The topological polar surface area (TPSA) is 35.3 Å². The highest BCUT2D eigenvalue weighted by molar-refractivity contribution is 5.65. The molecule has 0 saturated heterocycles. The molecule has 0 aromatic carbocycles. The average Bonchev–Trinajstić information content (AvgIpc) is 2.67. The van der Waals surface area contributed by atoms with Crippen molar-refractivity contribution < 1.29 is 9.15 Å². The highest BCUT2D eigenvalue weighted by atomic mass is 16.5. The van der Waals surface area contributed by atoms with Crippen LogP contribution in [0.15, 0.2) is 41.3 Å². The Hall–Kier alpha value is -1.77. The van der Waals surface area contributed by atoms with Gasteiger partial charge in [-0.25, -0.2) is 0 Å². The molecule has 2 aromatic heterocycles. The molecule has 0 spiro atoms. The summed E-state index contributed by atoms with van der Waals surface area (Å²) in [6, 6.07) is 5.71. The van der Waals surface area contributed by atoms with E-state index in [-0.39, 0.29) is 0 Å². The van der Waals surface area contributed by atoms with Crippen LogP contribution in [-0.4, -0.2) is 12.1 Å². The Morgan fingerprint density at radius 3 is 2.92 bits per heavy atom. The lowest BCUT2D eigenvalue weighted by atomic mass is 10.2. The van der Waals surface area contributed by atoms with E-state index >= 15 is 0 Å². The minimum atomic E-state index is 0.707. The summed E-state index contributed by atoms with van der Waals surface area (Å²) < 4.78 is 10.1. The van der Waals surface area contributed by atoms with Crippen LogP contribution in [0.5, 0.6) is 5.75 Å². The average molecular weight is 175 g/mol. The van der Waals surface area contributed by atoms with Crippen molar-refractivity contribution in [1.29, 1.82) is 0 Å². The van der Waals surface area contributed by atoms with Crippen LogP contribution in [0.3, 0.4) is 0 Å². The lowest BCUT2D eigenvalue weighted by Crippen LogP contribution is -1.84. The first-order valence-corrected chi connectivity index (χ1v) is 3.93. The molecule has 3 nitrogen and oxygen atoms in total. The number of rotatable bonds is 2. The molecule has 0 unspecified atom stereocenters. The minimum Gasteiger partial charge on any atom is -0.493 e. The number of furan rings is 1. The van der Waals surface area contributed by atoms with Gasteiger partial charge in [0.1, 0.15) is 12.5 Å². The summed E-state index contributed by atoms with van der Waals surface area (Å²) in [7, 11) is 1.61. The van der Waals surface area contributed by atoms with Crippen LogP contribution >= 0.6 is 0 Å². The van der Waals surface area contributed by atoms with Gasteiger partial charge in [0.25, 0.3) is 0 Å². The highest BCUT2D eigenvalue weighted by Gasteiger charge is 2.07. The first-order valence-electron chi connectivity index (χ1n) is 3.93. The van der Waals surface area contributed by atoms with Crippen LogP contribution in [0, 0.1) is 0 Å². The number of nitrogens with zero attached hydrogens (tertiary/aromatic N) is 1. The van der Waals surface area contributed by atoms with Gasteiger partial charge in [0.05, 0.1) is 18.4 Å². The van der Waals surface area contributed by atoms with E-state index in [1.165, 1.54) is 0 Å². The van der Waals surface area contributed by atoms with Crippen molar-refractivity contribution in [2.75, 3.05) is 7.11 Å². The minimum absolute atomic E-state index is 0.707. The van der Waals surface area contributed by atoms with Gasteiger partial charge in [0.2, 0.25) is 0 Å². The van der Waals surface area contributed by atoms with Crippen molar-refractivity contribution in [3.05, 3.63) is 36.9 Å². The molecule has 13 heavy (non-hydrogen) atoms. The van der Waals surface area contributed by atoms with Crippen molar-refractivity contribution in [3.63, 3.8) is 0 Å². The van der Waals surface area contributed by atoms with Gasteiger partial charge in [-0.2, -0.15) is 0 Å². The number of aromatic nitrogens is 1. The maximum absolute atomic E-state index is 5.11. The monoisotopic (exact) mass is 175 g/mol. The van der Waals surface area contributed by atoms with Crippen molar-refractivity contribution in [2.24, 2.45) is 0 Å². The van der Waals surface area contributed by atoms with E-state index in [1.807, 2.05) is 18.2 Å². The molecule has 0 aliphatic rings. The van der Waals surface area contributed by atoms with Gasteiger partial charge >= 0.3 is 0 Å². The molecule has 2 aromatic rings. The van der Waals surface area contributed by atoms with E-state index in [2.05, 4.69) is 4.98 Å². The Balaban J connectivity index is 2.47. The first-order chi connectivity index (χ1) is 6.42. The van der Waals surface area contributed by atoms with E-state index in [0.717, 1.165) is 11.3 Å². The Kier molecular flexibility index (Phi) is 2.00. The van der Waals surface area contributed by atoms with E-state index in [1.54, 1.807) is 25.8 Å². The molecule has 0 bridgehead atoms. The van der Waals surface area contributed by atoms with Crippen molar-refractivity contribution in [3.8, 4) is 17.0 Å². The third-order valence-electron chi connectivity index (χ3n) is 1.79. The fourth-order valence-corrected chi connectivity index (χ4v) is 1.15. The quantitative estimate of drug-likeness (QED) is 0.702. The normalized spacial score (nSPS) is 9.92. The molecule has 2 rings (SSSR count). The summed E-state index contributed by atoms with van der Waals surface area (Å²) in [5.41, 5.74) is 1.73. The maximum Gasteiger partial charge on any atom is 0.166 e. The van der Waals surface area contributed by atoms with Gasteiger partial charge in [-0.3, -0.25) is 4.98 Å². The summed E-state index contributed by atoms with van der Waals surface area (Å²) in [5.74, 6) is 0.707. The van der Waals surface area contributed by atoms with Crippen LogP contribution in [-0.2, 0) is 0 Å². The predicted molar refractivity (Wildman–Crippen MR) is 48.5 cm³/mol. The van der Waals surface area contributed by atoms with Crippen LogP contribution in [0.4, 0.5) is 0 Å². The summed E-state index contributed by atoms with van der Waals surface area (Å²) >= 11 is 0. The van der Waals surface area contributed by atoms with Crippen molar-refractivity contribution in [2.45, 2.75) is 0 Å². The van der Waals surface area contributed by atoms with E-state index in [4.69, 9.17) is 9.15 Å².